The SMILES string of the molecule is CC.CC(=O)NC[N+](C)(C)CC(=O)[O-].O=S(=O)([O-])c1ccccc1. The summed E-state index contributed by atoms with van der Waals surface area (Å²) in [5.41, 5.74) is 0. The van der Waals surface area contributed by atoms with Crippen LogP contribution in [0, 0.1) is 0 Å². The molecular weight excluding hydrogens is 336 g/mol. The zero-order valence-electron chi connectivity index (χ0n) is 14.6. The van der Waals surface area contributed by atoms with Crippen molar-refractivity contribution in [1.29, 1.82) is 0 Å². The van der Waals surface area contributed by atoms with Crippen LogP contribution in [0.15, 0.2) is 35.2 Å². The van der Waals surface area contributed by atoms with Crippen LogP contribution >= 0.6 is 0 Å². The van der Waals surface area contributed by atoms with Gasteiger partial charge in [0.2, 0.25) is 5.91 Å². The molecule has 0 radical (unpaired) electrons. The lowest BCUT2D eigenvalue weighted by Crippen LogP contribution is -2.53. The van der Waals surface area contributed by atoms with E-state index in [9.17, 15) is 27.7 Å². The van der Waals surface area contributed by atoms with Gasteiger partial charge in [0.1, 0.15) is 16.7 Å². The molecule has 1 aromatic rings. The van der Waals surface area contributed by atoms with Crippen LogP contribution in [0.4, 0.5) is 0 Å². The number of carbonyl (C=O) groups excluding carboxylic acids is 2. The van der Waals surface area contributed by atoms with Crippen molar-refractivity contribution in [2.75, 3.05) is 27.3 Å². The highest BCUT2D eigenvalue weighted by Gasteiger charge is 2.14. The van der Waals surface area contributed by atoms with E-state index in [2.05, 4.69) is 5.32 Å². The molecule has 0 bridgehead atoms. The summed E-state index contributed by atoms with van der Waals surface area (Å²) in [5.74, 6) is -1.29. The Balaban J connectivity index is 0. The summed E-state index contributed by atoms with van der Waals surface area (Å²) in [5, 5.41) is 12.8. The summed E-state index contributed by atoms with van der Waals surface area (Å²) in [6.07, 6.45) is 0. The lowest BCUT2D eigenvalue weighted by Gasteiger charge is -2.29. The number of aliphatic carboxylic acids is 1. The fourth-order valence-electron chi connectivity index (χ4n) is 1.32. The van der Waals surface area contributed by atoms with Crippen molar-refractivity contribution in [3.8, 4) is 0 Å². The third-order valence-electron chi connectivity index (χ3n) is 2.35. The molecule has 0 aliphatic heterocycles. The predicted molar refractivity (Wildman–Crippen MR) is 86.4 cm³/mol. The summed E-state index contributed by atoms with van der Waals surface area (Å²) in [6, 6.07) is 7.19. The largest absolute Gasteiger partial charge is 0.744 e. The molecule has 0 aliphatic carbocycles. The van der Waals surface area contributed by atoms with Crippen LogP contribution < -0.4 is 10.4 Å². The second kappa shape index (κ2) is 11.5. The fourth-order valence-corrected chi connectivity index (χ4v) is 1.81. The number of quaternary nitrogens is 1. The van der Waals surface area contributed by atoms with Crippen LogP contribution in [0.1, 0.15) is 20.8 Å². The van der Waals surface area contributed by atoms with Gasteiger partial charge < -0.3 is 24.3 Å². The number of carboxylic acids is 1. The summed E-state index contributed by atoms with van der Waals surface area (Å²) < 4.78 is 31.0. The topological polar surface area (TPSA) is 126 Å². The average molecular weight is 361 g/mol. The van der Waals surface area contributed by atoms with Crippen molar-refractivity contribution in [3.05, 3.63) is 30.3 Å². The fraction of sp³-hybridized carbons (Fsp3) is 0.467. The maximum absolute atomic E-state index is 10.5. The van der Waals surface area contributed by atoms with Crippen LogP contribution in [0.3, 0.4) is 0 Å². The molecule has 0 saturated heterocycles. The Bertz CT molecular complexity index is 600. The minimum atomic E-state index is -4.25. The van der Waals surface area contributed by atoms with E-state index < -0.39 is 16.1 Å². The standard InChI is InChI=1S/C7H14N2O3.C6H6O3S.C2H6/c1-6(10)8-5-9(2,3)4-7(11)12;7-10(8,9)6-4-2-1-3-5-6;1-2/h4-5H2,1-3H3,(H-,8,10,11,12);1-5H,(H,7,8,9);1-2H3/p-1. The highest BCUT2D eigenvalue weighted by atomic mass is 32.2. The van der Waals surface area contributed by atoms with Gasteiger partial charge in [0.15, 0.2) is 6.67 Å². The molecule has 0 aromatic heterocycles. The smallest absolute Gasteiger partial charge is 0.221 e. The number of hydrogen-bond acceptors (Lipinski definition) is 6. The van der Waals surface area contributed by atoms with E-state index in [0.29, 0.717) is 6.67 Å². The molecule has 1 N–H and O–H groups in total. The van der Waals surface area contributed by atoms with Crippen molar-refractivity contribution in [2.45, 2.75) is 25.7 Å². The Morgan fingerprint density at radius 2 is 1.58 bits per heavy atom. The maximum atomic E-state index is 10.5. The van der Waals surface area contributed by atoms with E-state index in [1.807, 2.05) is 13.8 Å². The number of hydrogen-bond donors (Lipinski definition) is 1. The van der Waals surface area contributed by atoms with Crippen molar-refractivity contribution in [1.82, 2.24) is 5.32 Å². The molecule has 0 fully saturated rings. The van der Waals surface area contributed by atoms with E-state index in [-0.39, 0.29) is 21.8 Å². The second-order valence-electron chi connectivity index (χ2n) is 5.12. The van der Waals surface area contributed by atoms with E-state index in [0.717, 1.165) is 0 Å². The minimum Gasteiger partial charge on any atom is -0.744 e. The number of nitrogens with one attached hydrogen (secondary N) is 1. The molecule has 0 atom stereocenters. The zero-order chi connectivity index (χ0) is 19.4. The zero-order valence-corrected chi connectivity index (χ0v) is 15.4. The maximum Gasteiger partial charge on any atom is 0.221 e. The minimum absolute atomic E-state index is 0.111. The van der Waals surface area contributed by atoms with Gasteiger partial charge >= 0.3 is 0 Å². The van der Waals surface area contributed by atoms with E-state index in [1.54, 1.807) is 20.2 Å². The lowest BCUT2D eigenvalue weighted by molar-refractivity contribution is -0.886. The molecule has 9 heteroatoms. The second-order valence-corrected chi connectivity index (χ2v) is 6.50. The van der Waals surface area contributed by atoms with Gasteiger partial charge in [-0.25, -0.2) is 8.42 Å². The lowest BCUT2D eigenvalue weighted by atomic mass is 10.4. The molecule has 24 heavy (non-hydrogen) atoms. The molecule has 1 amide bonds. The summed E-state index contributed by atoms with van der Waals surface area (Å²) in [6.45, 7) is 5.57. The first-order valence-corrected chi connectivity index (χ1v) is 8.62. The van der Waals surface area contributed by atoms with Gasteiger partial charge in [-0.1, -0.05) is 32.0 Å². The first-order chi connectivity index (χ1) is 10.9. The van der Waals surface area contributed by atoms with E-state index in [1.165, 1.54) is 31.2 Å². The van der Waals surface area contributed by atoms with Crippen molar-refractivity contribution in [2.24, 2.45) is 0 Å². The quantitative estimate of drug-likeness (QED) is 0.429. The molecule has 0 heterocycles. The Labute approximate surface area is 143 Å². The van der Waals surface area contributed by atoms with E-state index >= 15 is 0 Å². The molecule has 0 saturated carbocycles. The Morgan fingerprint density at radius 3 is 1.88 bits per heavy atom. The first kappa shape index (κ1) is 24.3. The van der Waals surface area contributed by atoms with Crippen LogP contribution in [0.5, 0.6) is 0 Å². The number of carbonyl (C=O) groups is 2. The van der Waals surface area contributed by atoms with Crippen molar-refractivity contribution < 1.29 is 32.1 Å². The van der Waals surface area contributed by atoms with Gasteiger partial charge in [0.05, 0.1) is 25.0 Å². The Morgan fingerprint density at radius 1 is 1.12 bits per heavy atom. The number of nitrogens with zero attached hydrogens (tertiary/aromatic N) is 1. The van der Waals surface area contributed by atoms with Crippen molar-refractivity contribution >= 4 is 22.0 Å². The number of benzene rings is 1. The van der Waals surface area contributed by atoms with Crippen molar-refractivity contribution in [3.63, 3.8) is 0 Å². The first-order valence-electron chi connectivity index (χ1n) is 7.21. The molecule has 138 valence electrons. The van der Waals surface area contributed by atoms with Crippen LogP contribution in [0.2, 0.25) is 0 Å². The van der Waals surface area contributed by atoms with Crippen LogP contribution in [-0.2, 0) is 19.7 Å². The van der Waals surface area contributed by atoms with Gasteiger partial charge in [-0.15, -0.1) is 0 Å². The number of rotatable bonds is 5. The van der Waals surface area contributed by atoms with Gasteiger partial charge in [-0.2, -0.15) is 0 Å². The highest BCUT2D eigenvalue weighted by Crippen LogP contribution is 2.04. The molecule has 1 rings (SSSR count). The summed E-state index contributed by atoms with van der Waals surface area (Å²) >= 11 is 0. The number of likely N-dealkylation sites (N-methyl/N-ethyl adjacent to an activating group) is 1. The normalized spacial score (nSPS) is 10.4. The molecule has 0 spiro atoms. The van der Waals surface area contributed by atoms with Gasteiger partial charge in [-0.3, -0.25) is 4.79 Å². The summed E-state index contributed by atoms with van der Waals surface area (Å²) in [7, 11) is -0.853. The third kappa shape index (κ3) is 13.7. The van der Waals surface area contributed by atoms with Crippen LogP contribution in [-0.4, -0.2) is 56.6 Å². The molecule has 0 aliphatic rings. The van der Waals surface area contributed by atoms with Gasteiger partial charge in [0.25, 0.3) is 0 Å². The molecule has 1 aromatic carbocycles. The Hall–Kier alpha value is -1.97. The van der Waals surface area contributed by atoms with Gasteiger partial charge in [-0.05, 0) is 12.1 Å². The monoisotopic (exact) mass is 361 g/mol. The summed E-state index contributed by atoms with van der Waals surface area (Å²) in [4.78, 5) is 20.5. The van der Waals surface area contributed by atoms with Crippen LogP contribution in [0.25, 0.3) is 0 Å². The number of carboxylic acid groups (broad SMARTS) is 1. The molecule has 8 nitrogen and oxygen atoms in total. The Kier molecular flexibility index (Phi) is 11.7. The van der Waals surface area contributed by atoms with E-state index in [4.69, 9.17) is 0 Å². The number of amides is 1. The highest BCUT2D eigenvalue weighted by molar-refractivity contribution is 7.85. The molecular formula is C15H25N2O6S-. The predicted octanol–water partition coefficient (Wildman–Crippen LogP) is -0.477. The van der Waals surface area contributed by atoms with Gasteiger partial charge in [0, 0.05) is 6.92 Å². The third-order valence-corrected chi connectivity index (χ3v) is 3.19. The average Bonchev–Trinajstić information content (AvgIpc) is 2.47. The molecule has 0 unspecified atom stereocenters.